The molecule has 1 aliphatic rings. The third kappa shape index (κ3) is 4.29. The number of hydrogen-bond donors (Lipinski definition) is 0. The molecular formula is C25H27FO3. The smallest absolute Gasteiger partial charge is 0.123 e. The van der Waals surface area contributed by atoms with Crippen LogP contribution < -0.4 is 4.74 Å². The summed E-state index contributed by atoms with van der Waals surface area (Å²) in [6.45, 7) is 5.29. The number of ether oxygens (including phenoxy) is 3. The van der Waals surface area contributed by atoms with Crippen LogP contribution in [0.2, 0.25) is 0 Å². The predicted octanol–water partition coefficient (Wildman–Crippen LogP) is 5.99. The van der Waals surface area contributed by atoms with Crippen LogP contribution in [0, 0.1) is 5.82 Å². The summed E-state index contributed by atoms with van der Waals surface area (Å²) < 4.78 is 31.5. The molecule has 0 aliphatic carbocycles. The number of rotatable bonds is 5. The first-order chi connectivity index (χ1) is 13.9. The standard InChI is InChI=1S/C25H27FO3/c1-24(2)17-25(27-3,11-12-29-24)21-5-4-6-23(15-21)28-16-18-7-8-19-9-10-22(26)14-20(19)13-18/h4-10,13-15H,11-12,16-17H2,1-3H3. The lowest BCUT2D eigenvalue weighted by molar-refractivity contribution is -0.162. The molecule has 3 nitrogen and oxygen atoms in total. The molecule has 29 heavy (non-hydrogen) atoms. The molecule has 4 rings (SSSR count). The zero-order valence-corrected chi connectivity index (χ0v) is 17.2. The summed E-state index contributed by atoms with van der Waals surface area (Å²) in [5, 5.41) is 1.89. The molecule has 0 radical (unpaired) electrons. The van der Waals surface area contributed by atoms with E-state index in [0.717, 1.165) is 40.5 Å². The van der Waals surface area contributed by atoms with Crippen LogP contribution in [0.25, 0.3) is 10.8 Å². The highest BCUT2D eigenvalue weighted by molar-refractivity contribution is 5.83. The molecule has 152 valence electrons. The second-order valence-electron chi connectivity index (χ2n) is 8.38. The number of hydrogen-bond acceptors (Lipinski definition) is 3. The summed E-state index contributed by atoms with van der Waals surface area (Å²) in [6.07, 6.45) is 1.60. The van der Waals surface area contributed by atoms with E-state index in [-0.39, 0.29) is 17.0 Å². The first-order valence-electron chi connectivity index (χ1n) is 10.00. The van der Waals surface area contributed by atoms with E-state index >= 15 is 0 Å². The van der Waals surface area contributed by atoms with Crippen molar-refractivity contribution in [2.45, 2.75) is 44.5 Å². The first kappa shape index (κ1) is 19.9. The van der Waals surface area contributed by atoms with Gasteiger partial charge in [-0.05, 0) is 66.1 Å². The summed E-state index contributed by atoms with van der Waals surface area (Å²) >= 11 is 0. The third-order valence-corrected chi connectivity index (χ3v) is 5.73. The molecule has 0 spiro atoms. The van der Waals surface area contributed by atoms with Gasteiger partial charge in [-0.25, -0.2) is 4.39 Å². The molecule has 3 aromatic rings. The van der Waals surface area contributed by atoms with Crippen molar-refractivity contribution >= 4 is 10.8 Å². The van der Waals surface area contributed by atoms with Crippen LogP contribution in [-0.2, 0) is 21.7 Å². The number of methoxy groups -OCH3 is 1. The number of fused-ring (bicyclic) bond motifs is 1. The van der Waals surface area contributed by atoms with Crippen molar-refractivity contribution in [1.82, 2.24) is 0 Å². The molecule has 0 saturated carbocycles. The molecular weight excluding hydrogens is 367 g/mol. The monoisotopic (exact) mass is 394 g/mol. The lowest BCUT2D eigenvalue weighted by atomic mass is 9.79. The quantitative estimate of drug-likeness (QED) is 0.532. The number of halogens is 1. The van der Waals surface area contributed by atoms with E-state index in [0.29, 0.717) is 13.2 Å². The highest BCUT2D eigenvalue weighted by Gasteiger charge is 2.42. The predicted molar refractivity (Wildman–Crippen MR) is 113 cm³/mol. The summed E-state index contributed by atoms with van der Waals surface area (Å²) in [7, 11) is 1.77. The van der Waals surface area contributed by atoms with Crippen LogP contribution in [0.4, 0.5) is 4.39 Å². The second kappa shape index (κ2) is 7.77. The molecule has 1 saturated heterocycles. The van der Waals surface area contributed by atoms with Gasteiger partial charge in [0.25, 0.3) is 0 Å². The fraction of sp³-hybridized carbons (Fsp3) is 0.360. The van der Waals surface area contributed by atoms with Crippen LogP contribution in [0.3, 0.4) is 0 Å². The van der Waals surface area contributed by atoms with Gasteiger partial charge in [-0.2, -0.15) is 0 Å². The molecule has 1 aliphatic heterocycles. The minimum atomic E-state index is -0.373. The van der Waals surface area contributed by atoms with Crippen molar-refractivity contribution in [2.75, 3.05) is 13.7 Å². The fourth-order valence-corrected chi connectivity index (χ4v) is 4.25. The van der Waals surface area contributed by atoms with Gasteiger partial charge in [0.2, 0.25) is 0 Å². The van der Waals surface area contributed by atoms with E-state index in [1.807, 2.05) is 30.3 Å². The highest BCUT2D eigenvalue weighted by atomic mass is 19.1. The third-order valence-electron chi connectivity index (χ3n) is 5.73. The van der Waals surface area contributed by atoms with Gasteiger partial charge in [-0.1, -0.05) is 30.3 Å². The maximum atomic E-state index is 13.5. The van der Waals surface area contributed by atoms with Crippen molar-refractivity contribution < 1.29 is 18.6 Å². The van der Waals surface area contributed by atoms with Gasteiger partial charge in [0.15, 0.2) is 0 Å². The van der Waals surface area contributed by atoms with Gasteiger partial charge >= 0.3 is 0 Å². The molecule has 4 heteroatoms. The van der Waals surface area contributed by atoms with E-state index in [1.165, 1.54) is 6.07 Å². The Kier molecular flexibility index (Phi) is 5.32. The molecule has 0 bridgehead atoms. The zero-order chi connectivity index (χ0) is 20.5. The van der Waals surface area contributed by atoms with Crippen molar-refractivity contribution in [3.63, 3.8) is 0 Å². The minimum Gasteiger partial charge on any atom is -0.489 e. The van der Waals surface area contributed by atoms with Gasteiger partial charge in [-0.15, -0.1) is 0 Å². The Labute approximate surface area is 171 Å². The normalized spacial score (nSPS) is 21.2. The molecule has 1 unspecified atom stereocenters. The Morgan fingerprint density at radius 3 is 2.62 bits per heavy atom. The maximum Gasteiger partial charge on any atom is 0.123 e. The van der Waals surface area contributed by atoms with Gasteiger partial charge < -0.3 is 14.2 Å². The molecule has 1 atom stereocenters. The SMILES string of the molecule is COC1(c2cccc(OCc3ccc4ccc(F)cc4c3)c2)CCOC(C)(C)C1. The van der Waals surface area contributed by atoms with Crippen LogP contribution in [0.1, 0.15) is 37.8 Å². The Morgan fingerprint density at radius 1 is 1.00 bits per heavy atom. The highest BCUT2D eigenvalue weighted by Crippen LogP contribution is 2.42. The van der Waals surface area contributed by atoms with Crippen molar-refractivity contribution in [1.29, 1.82) is 0 Å². The molecule has 0 aromatic heterocycles. The lowest BCUT2D eigenvalue weighted by Crippen LogP contribution is -2.45. The minimum absolute atomic E-state index is 0.229. The Bertz CT molecular complexity index is 1010. The lowest BCUT2D eigenvalue weighted by Gasteiger charge is -2.44. The Balaban J connectivity index is 1.53. The van der Waals surface area contributed by atoms with Gasteiger partial charge in [-0.3, -0.25) is 0 Å². The summed E-state index contributed by atoms with van der Waals surface area (Å²) in [6, 6.07) is 18.9. The van der Waals surface area contributed by atoms with Crippen LogP contribution >= 0.6 is 0 Å². The molecule has 1 fully saturated rings. The van der Waals surface area contributed by atoms with Crippen molar-refractivity contribution in [3.05, 3.63) is 77.6 Å². The second-order valence-corrected chi connectivity index (χ2v) is 8.38. The van der Waals surface area contributed by atoms with Crippen LogP contribution in [0.15, 0.2) is 60.7 Å². The van der Waals surface area contributed by atoms with Gasteiger partial charge in [0.1, 0.15) is 18.2 Å². The van der Waals surface area contributed by atoms with Gasteiger partial charge in [0, 0.05) is 20.0 Å². The molecule has 1 heterocycles. The van der Waals surface area contributed by atoms with Crippen LogP contribution in [-0.4, -0.2) is 19.3 Å². The Hall–Kier alpha value is -2.43. The topological polar surface area (TPSA) is 27.7 Å². The maximum absolute atomic E-state index is 13.5. The fourth-order valence-electron chi connectivity index (χ4n) is 4.25. The number of benzene rings is 3. The van der Waals surface area contributed by atoms with Crippen LogP contribution in [0.5, 0.6) is 5.75 Å². The van der Waals surface area contributed by atoms with E-state index in [9.17, 15) is 4.39 Å². The zero-order valence-electron chi connectivity index (χ0n) is 17.2. The summed E-state index contributed by atoms with van der Waals surface area (Å²) in [5.41, 5.74) is 1.50. The molecule has 0 amide bonds. The largest absolute Gasteiger partial charge is 0.489 e. The molecule has 3 aromatic carbocycles. The van der Waals surface area contributed by atoms with Crippen molar-refractivity contribution in [3.8, 4) is 5.75 Å². The van der Waals surface area contributed by atoms with E-state index in [4.69, 9.17) is 14.2 Å². The van der Waals surface area contributed by atoms with Gasteiger partial charge in [0.05, 0.1) is 17.8 Å². The molecule has 0 N–H and O–H groups in total. The Morgan fingerprint density at radius 2 is 1.83 bits per heavy atom. The van der Waals surface area contributed by atoms with E-state index < -0.39 is 0 Å². The summed E-state index contributed by atoms with van der Waals surface area (Å²) in [5.74, 6) is 0.565. The first-order valence-corrected chi connectivity index (χ1v) is 10.00. The van der Waals surface area contributed by atoms with Crippen molar-refractivity contribution in [2.24, 2.45) is 0 Å². The summed E-state index contributed by atoms with van der Waals surface area (Å²) in [4.78, 5) is 0. The average Bonchev–Trinajstić information content (AvgIpc) is 2.71. The average molecular weight is 394 g/mol. The van der Waals surface area contributed by atoms with E-state index in [2.05, 4.69) is 26.0 Å². The van der Waals surface area contributed by atoms with E-state index in [1.54, 1.807) is 19.2 Å².